The molecule has 1 atom stereocenters. The Kier molecular flexibility index (Phi) is 6.50. The number of carbonyl (C=O) groups excluding carboxylic acids is 1. The molecule has 192 valence electrons. The first kappa shape index (κ1) is 24.9. The Morgan fingerprint density at radius 1 is 1.05 bits per heavy atom. The second kappa shape index (κ2) is 9.93. The molecule has 1 amide bonds. The highest BCUT2D eigenvalue weighted by atomic mass is 16.2. The molecule has 9 heteroatoms. The van der Waals surface area contributed by atoms with E-state index in [4.69, 9.17) is 0 Å². The molecule has 3 heterocycles. The number of benzene rings is 2. The van der Waals surface area contributed by atoms with Crippen LogP contribution in [0.15, 0.2) is 78.0 Å². The minimum absolute atomic E-state index is 0.139. The second-order valence-corrected chi connectivity index (χ2v) is 9.46. The molecule has 3 aromatic heterocycles. The van der Waals surface area contributed by atoms with E-state index in [-0.39, 0.29) is 17.5 Å². The first-order chi connectivity index (χ1) is 18.2. The van der Waals surface area contributed by atoms with Crippen LogP contribution in [0.2, 0.25) is 0 Å². The molecule has 5 aromatic rings. The Bertz CT molecular complexity index is 1700. The lowest BCUT2D eigenvalue weighted by Crippen LogP contribution is -2.27. The van der Waals surface area contributed by atoms with E-state index in [1.807, 2.05) is 74.8 Å². The van der Waals surface area contributed by atoms with Crippen molar-refractivity contribution < 1.29 is 4.79 Å². The molecule has 0 unspecified atom stereocenters. The molecule has 0 aliphatic rings. The molecule has 0 bridgehead atoms. The van der Waals surface area contributed by atoms with Crippen molar-refractivity contribution in [2.75, 3.05) is 19.4 Å². The van der Waals surface area contributed by atoms with Gasteiger partial charge in [-0.3, -0.25) is 18.8 Å². The molecule has 0 saturated carbocycles. The summed E-state index contributed by atoms with van der Waals surface area (Å²) >= 11 is 0. The zero-order valence-corrected chi connectivity index (χ0v) is 22.0. The van der Waals surface area contributed by atoms with Gasteiger partial charge in [0.25, 0.3) is 11.5 Å². The number of amides is 1. The summed E-state index contributed by atoms with van der Waals surface area (Å²) in [5, 5.41) is 9.11. The number of hydrogen-bond donors (Lipinski definition) is 1. The van der Waals surface area contributed by atoms with Crippen LogP contribution in [0.4, 0.5) is 5.82 Å². The minimum Gasteiger partial charge on any atom is -0.361 e. The van der Waals surface area contributed by atoms with Crippen molar-refractivity contribution in [3.8, 4) is 16.8 Å². The highest BCUT2D eigenvalue weighted by Gasteiger charge is 2.22. The number of nitrogens with zero attached hydrogens (tertiary/aromatic N) is 6. The van der Waals surface area contributed by atoms with Crippen molar-refractivity contribution in [3.05, 3.63) is 101 Å². The third-order valence-corrected chi connectivity index (χ3v) is 6.45. The fourth-order valence-electron chi connectivity index (χ4n) is 4.60. The monoisotopic (exact) mass is 507 g/mol. The van der Waals surface area contributed by atoms with Crippen molar-refractivity contribution >= 4 is 22.5 Å². The van der Waals surface area contributed by atoms with Crippen LogP contribution in [-0.2, 0) is 7.05 Å². The van der Waals surface area contributed by atoms with Crippen LogP contribution >= 0.6 is 0 Å². The predicted octanol–water partition coefficient (Wildman–Crippen LogP) is 4.36. The molecule has 38 heavy (non-hydrogen) atoms. The van der Waals surface area contributed by atoms with Gasteiger partial charge < -0.3 is 10.2 Å². The van der Waals surface area contributed by atoms with Crippen LogP contribution < -0.4 is 10.9 Å². The lowest BCUT2D eigenvalue weighted by atomic mass is 9.99. The number of rotatable bonds is 6. The van der Waals surface area contributed by atoms with E-state index >= 15 is 0 Å². The largest absolute Gasteiger partial charge is 0.361 e. The Morgan fingerprint density at radius 2 is 1.82 bits per heavy atom. The molecule has 0 radical (unpaired) electrons. The molecule has 0 spiro atoms. The van der Waals surface area contributed by atoms with E-state index < -0.39 is 0 Å². The molecule has 0 aliphatic carbocycles. The Morgan fingerprint density at radius 3 is 2.50 bits per heavy atom. The Hall–Kier alpha value is -4.79. The zero-order valence-electron chi connectivity index (χ0n) is 22.0. The average Bonchev–Trinajstić information content (AvgIpc) is 3.34. The van der Waals surface area contributed by atoms with Gasteiger partial charge in [-0.1, -0.05) is 36.4 Å². The number of hydrogen-bond acceptors (Lipinski definition) is 6. The number of nitrogens with one attached hydrogen (secondary N) is 1. The number of pyridine rings is 1. The molecule has 0 saturated heterocycles. The first-order valence-corrected chi connectivity index (χ1v) is 12.3. The average molecular weight is 508 g/mol. The van der Waals surface area contributed by atoms with Crippen molar-refractivity contribution in [2.24, 2.45) is 7.05 Å². The van der Waals surface area contributed by atoms with Crippen molar-refractivity contribution in [1.29, 1.82) is 0 Å². The lowest BCUT2D eigenvalue weighted by Gasteiger charge is -2.23. The summed E-state index contributed by atoms with van der Waals surface area (Å²) in [5.41, 5.74) is 3.39. The smallest absolute Gasteiger partial charge is 0.263 e. The minimum atomic E-state index is -0.377. The van der Waals surface area contributed by atoms with E-state index in [0.717, 1.165) is 27.9 Å². The Labute approximate surface area is 220 Å². The molecule has 0 fully saturated rings. The van der Waals surface area contributed by atoms with Crippen LogP contribution in [0.1, 0.15) is 34.8 Å². The number of para-hydroxylation sites is 1. The normalized spacial score (nSPS) is 11.9. The number of carbonyl (C=O) groups is 1. The summed E-state index contributed by atoms with van der Waals surface area (Å²) in [6.45, 7) is 3.72. The summed E-state index contributed by atoms with van der Waals surface area (Å²) in [7, 11) is 5.23. The van der Waals surface area contributed by atoms with Gasteiger partial charge in [-0.05, 0) is 43.0 Å². The van der Waals surface area contributed by atoms with E-state index in [9.17, 15) is 9.59 Å². The van der Waals surface area contributed by atoms with Gasteiger partial charge in [0.1, 0.15) is 17.2 Å². The van der Waals surface area contributed by atoms with E-state index in [1.165, 1.54) is 11.1 Å². The molecule has 0 aliphatic heterocycles. The van der Waals surface area contributed by atoms with Gasteiger partial charge in [-0.2, -0.15) is 5.10 Å². The quantitative estimate of drug-likeness (QED) is 0.367. The number of fused-ring (bicyclic) bond motifs is 1. The van der Waals surface area contributed by atoms with Crippen molar-refractivity contribution in [3.63, 3.8) is 0 Å². The van der Waals surface area contributed by atoms with Crippen molar-refractivity contribution in [1.82, 2.24) is 29.2 Å². The van der Waals surface area contributed by atoms with Crippen LogP contribution in [0.5, 0.6) is 0 Å². The molecular weight excluding hydrogens is 478 g/mol. The Balaban J connectivity index is 1.71. The van der Waals surface area contributed by atoms with E-state index in [1.54, 1.807) is 36.5 Å². The van der Waals surface area contributed by atoms with Gasteiger partial charge in [0.05, 0.1) is 17.6 Å². The SMILES string of the molecule is Cc1ncc(C(=O)N(C)C)c(N[C@@H](C)c2cc3cccc(-c4cnn(C)c4)c3c(=O)n2-c2ccccc2)n1. The third-order valence-electron chi connectivity index (χ3n) is 6.45. The van der Waals surface area contributed by atoms with Gasteiger partial charge in [0.15, 0.2) is 0 Å². The van der Waals surface area contributed by atoms with Crippen LogP contribution in [-0.4, -0.2) is 49.2 Å². The highest BCUT2D eigenvalue weighted by Crippen LogP contribution is 2.30. The van der Waals surface area contributed by atoms with E-state index in [2.05, 4.69) is 20.4 Å². The number of anilines is 1. The summed E-state index contributed by atoms with van der Waals surface area (Å²) < 4.78 is 3.45. The van der Waals surface area contributed by atoms with Crippen molar-refractivity contribution in [2.45, 2.75) is 19.9 Å². The third kappa shape index (κ3) is 4.54. The van der Waals surface area contributed by atoms with Gasteiger partial charge in [-0.25, -0.2) is 9.97 Å². The maximum Gasteiger partial charge on any atom is 0.263 e. The maximum absolute atomic E-state index is 14.2. The molecular formula is C29H29N7O2. The summed E-state index contributed by atoms with van der Waals surface area (Å²) in [6, 6.07) is 17.0. The summed E-state index contributed by atoms with van der Waals surface area (Å²) in [5.74, 6) is 0.745. The van der Waals surface area contributed by atoms with Crippen LogP contribution in [0.25, 0.3) is 27.6 Å². The van der Waals surface area contributed by atoms with Crippen LogP contribution in [0, 0.1) is 6.92 Å². The predicted molar refractivity (Wildman–Crippen MR) is 149 cm³/mol. The summed E-state index contributed by atoms with van der Waals surface area (Å²) in [6.07, 6.45) is 5.20. The van der Waals surface area contributed by atoms with E-state index in [0.29, 0.717) is 22.6 Å². The zero-order chi connectivity index (χ0) is 27.0. The topological polar surface area (TPSA) is 97.9 Å². The fraction of sp³-hybridized carbons (Fsp3) is 0.207. The van der Waals surface area contributed by atoms with Gasteiger partial charge in [-0.15, -0.1) is 0 Å². The lowest BCUT2D eigenvalue weighted by molar-refractivity contribution is 0.0827. The standard InChI is InChI=1S/C29H29N7O2/c1-18(32-27-24(28(37)34(3)4)16-30-19(2)33-27)25-14-20-10-9-13-23(21-15-31-35(5)17-21)26(20)29(38)36(25)22-11-7-6-8-12-22/h6-18H,1-5H3,(H,30,32,33)/t18-/m0/s1. The molecule has 5 rings (SSSR count). The number of aromatic nitrogens is 5. The fourth-order valence-corrected chi connectivity index (χ4v) is 4.60. The van der Waals surface area contributed by atoms with Gasteiger partial charge in [0.2, 0.25) is 0 Å². The van der Waals surface area contributed by atoms with Crippen LogP contribution in [0.3, 0.4) is 0 Å². The molecule has 2 aromatic carbocycles. The summed E-state index contributed by atoms with van der Waals surface area (Å²) in [4.78, 5) is 37.3. The number of aryl methyl sites for hydroxylation is 2. The second-order valence-electron chi connectivity index (χ2n) is 9.46. The van der Waals surface area contributed by atoms with Gasteiger partial charge >= 0.3 is 0 Å². The maximum atomic E-state index is 14.2. The first-order valence-electron chi connectivity index (χ1n) is 12.3. The van der Waals surface area contributed by atoms with Gasteiger partial charge in [0, 0.05) is 50.5 Å². The highest BCUT2D eigenvalue weighted by molar-refractivity contribution is 5.98. The molecule has 1 N–H and O–H groups in total. The molecule has 9 nitrogen and oxygen atoms in total.